The standard InChI is InChI=1S/C45H72NO9P/c1-3-5-7-9-11-12-13-14-15-16-17-21-24-28-32-36-44(48)52-40-43(41-54-56(50,51)53-39-38-46)55-45(49)37-33-29-25-22-19-18-20-23-27-31-35-42(47)34-30-26-10-8-6-4-2/h6,8,11-12,14-15,17-19,21,23,25-27,29-31,35,42-43,47H,3-5,7,9-10,13,16,20,22,24,28,32-34,36-41,46H2,1-2H3,(H,50,51)/b8-6-,12-11-,15-14-,19-18-,21-17-,27-23-,29-25-,30-26-,35-31+/t42?,43-/m1/s1. The maximum absolute atomic E-state index is 12.5. The van der Waals surface area contributed by atoms with Gasteiger partial charge < -0.3 is 25.2 Å². The Bertz CT molecular complexity index is 1300. The van der Waals surface area contributed by atoms with Gasteiger partial charge in [-0.2, -0.15) is 0 Å². The van der Waals surface area contributed by atoms with Crippen LogP contribution in [0.4, 0.5) is 0 Å². The average molecular weight is 802 g/mol. The van der Waals surface area contributed by atoms with Crippen LogP contribution >= 0.6 is 7.82 Å². The summed E-state index contributed by atoms with van der Waals surface area (Å²) in [4.78, 5) is 34.8. The highest BCUT2D eigenvalue weighted by atomic mass is 31.2. The highest BCUT2D eigenvalue weighted by Gasteiger charge is 2.25. The lowest BCUT2D eigenvalue weighted by atomic mass is 10.1. The van der Waals surface area contributed by atoms with Crippen molar-refractivity contribution in [3.05, 3.63) is 109 Å². The van der Waals surface area contributed by atoms with Crippen LogP contribution in [-0.4, -0.2) is 60.5 Å². The van der Waals surface area contributed by atoms with Crippen molar-refractivity contribution in [3.8, 4) is 0 Å². The van der Waals surface area contributed by atoms with Crippen molar-refractivity contribution < 1.29 is 42.7 Å². The number of phosphoric ester groups is 1. The number of esters is 2. The van der Waals surface area contributed by atoms with Crippen LogP contribution < -0.4 is 5.73 Å². The minimum absolute atomic E-state index is 0.0219. The van der Waals surface area contributed by atoms with Crippen LogP contribution in [0.3, 0.4) is 0 Å². The normalized spacial score (nSPS) is 15.0. The van der Waals surface area contributed by atoms with Crippen LogP contribution in [0.25, 0.3) is 0 Å². The number of nitrogens with two attached hydrogens (primary N) is 1. The second kappa shape index (κ2) is 39.8. The Morgan fingerprint density at radius 3 is 1.84 bits per heavy atom. The molecule has 0 bridgehead atoms. The third-order valence-corrected chi connectivity index (χ3v) is 8.72. The summed E-state index contributed by atoms with van der Waals surface area (Å²) in [5, 5.41) is 9.99. The molecule has 0 aromatic rings. The molecule has 0 aromatic heterocycles. The van der Waals surface area contributed by atoms with E-state index in [-0.39, 0.29) is 32.6 Å². The van der Waals surface area contributed by atoms with Gasteiger partial charge in [0, 0.05) is 19.4 Å². The number of carbonyl (C=O) groups is 2. The predicted octanol–water partition coefficient (Wildman–Crippen LogP) is 10.6. The van der Waals surface area contributed by atoms with E-state index in [1.807, 2.05) is 48.6 Å². The number of carbonyl (C=O) groups excluding carboxylic acids is 2. The molecule has 56 heavy (non-hydrogen) atoms. The molecule has 10 nitrogen and oxygen atoms in total. The number of rotatable bonds is 36. The Kier molecular flexibility index (Phi) is 37.5. The van der Waals surface area contributed by atoms with Crippen LogP contribution in [0.1, 0.15) is 123 Å². The molecule has 3 atom stereocenters. The van der Waals surface area contributed by atoms with Crippen molar-refractivity contribution in [2.45, 2.75) is 135 Å². The van der Waals surface area contributed by atoms with E-state index in [9.17, 15) is 24.2 Å². The molecule has 0 spiro atoms. The molecule has 0 saturated carbocycles. The van der Waals surface area contributed by atoms with Gasteiger partial charge in [-0.15, -0.1) is 0 Å². The van der Waals surface area contributed by atoms with Gasteiger partial charge in [-0.05, 0) is 83.5 Å². The molecule has 4 N–H and O–H groups in total. The van der Waals surface area contributed by atoms with Crippen molar-refractivity contribution in [2.24, 2.45) is 5.73 Å². The van der Waals surface area contributed by atoms with Gasteiger partial charge in [0.15, 0.2) is 6.10 Å². The maximum Gasteiger partial charge on any atom is 0.472 e. The van der Waals surface area contributed by atoms with Gasteiger partial charge in [-0.3, -0.25) is 18.6 Å². The molecule has 316 valence electrons. The molecule has 0 amide bonds. The van der Waals surface area contributed by atoms with E-state index in [2.05, 4.69) is 68.5 Å². The summed E-state index contributed by atoms with van der Waals surface area (Å²) in [7, 11) is -4.42. The van der Waals surface area contributed by atoms with Crippen molar-refractivity contribution in [2.75, 3.05) is 26.4 Å². The quantitative estimate of drug-likeness (QED) is 0.0183. The third-order valence-electron chi connectivity index (χ3n) is 7.74. The van der Waals surface area contributed by atoms with Crippen LogP contribution in [-0.2, 0) is 32.7 Å². The van der Waals surface area contributed by atoms with Gasteiger partial charge in [0.1, 0.15) is 6.61 Å². The molecule has 11 heteroatoms. The Balaban J connectivity index is 4.48. The lowest BCUT2D eigenvalue weighted by Gasteiger charge is -2.19. The molecular formula is C45H72NO9P. The first kappa shape index (κ1) is 52.6. The van der Waals surface area contributed by atoms with E-state index < -0.39 is 38.6 Å². The first-order valence-electron chi connectivity index (χ1n) is 20.5. The minimum Gasteiger partial charge on any atom is -0.462 e. The van der Waals surface area contributed by atoms with Crippen molar-refractivity contribution >= 4 is 19.8 Å². The first-order valence-corrected chi connectivity index (χ1v) is 22.0. The molecule has 0 saturated heterocycles. The van der Waals surface area contributed by atoms with Gasteiger partial charge in [0.25, 0.3) is 0 Å². The fraction of sp³-hybridized carbons (Fsp3) is 0.556. The fourth-order valence-electron chi connectivity index (χ4n) is 4.69. The summed E-state index contributed by atoms with van der Waals surface area (Å²) in [6, 6.07) is 0. The summed E-state index contributed by atoms with van der Waals surface area (Å²) in [5.41, 5.74) is 5.33. The Morgan fingerprint density at radius 2 is 1.21 bits per heavy atom. The van der Waals surface area contributed by atoms with E-state index in [1.165, 1.54) is 19.3 Å². The number of unbranched alkanes of at least 4 members (excludes halogenated alkanes) is 5. The molecule has 0 fully saturated rings. The van der Waals surface area contributed by atoms with Gasteiger partial charge in [-0.25, -0.2) is 4.57 Å². The van der Waals surface area contributed by atoms with Crippen molar-refractivity contribution in [1.82, 2.24) is 0 Å². The number of phosphoric acid groups is 1. The zero-order valence-corrected chi connectivity index (χ0v) is 35.1. The summed E-state index contributed by atoms with van der Waals surface area (Å²) in [6.07, 6.45) is 48.8. The topological polar surface area (TPSA) is 155 Å². The second-order valence-electron chi connectivity index (χ2n) is 13.0. The summed E-state index contributed by atoms with van der Waals surface area (Å²) in [5.74, 6) is -1.02. The molecule has 2 unspecified atom stereocenters. The predicted molar refractivity (Wildman–Crippen MR) is 230 cm³/mol. The zero-order chi connectivity index (χ0) is 41.2. The number of ether oxygens (including phenoxy) is 2. The molecule has 0 aromatic carbocycles. The molecule has 0 aliphatic rings. The monoisotopic (exact) mass is 801 g/mol. The zero-order valence-electron chi connectivity index (χ0n) is 34.2. The largest absolute Gasteiger partial charge is 0.472 e. The number of hydrogen-bond donors (Lipinski definition) is 3. The number of aliphatic hydroxyl groups excluding tert-OH is 1. The molecule has 0 heterocycles. The lowest BCUT2D eigenvalue weighted by Crippen LogP contribution is -2.29. The summed E-state index contributed by atoms with van der Waals surface area (Å²) in [6.45, 7) is 3.33. The van der Waals surface area contributed by atoms with E-state index in [0.717, 1.165) is 51.4 Å². The highest BCUT2D eigenvalue weighted by Crippen LogP contribution is 2.43. The summed E-state index contributed by atoms with van der Waals surface area (Å²) < 4.78 is 32.6. The van der Waals surface area contributed by atoms with Crippen LogP contribution in [0, 0.1) is 0 Å². The Hall–Kier alpha value is -3.37. The van der Waals surface area contributed by atoms with Gasteiger partial charge >= 0.3 is 19.8 Å². The third kappa shape index (κ3) is 38.9. The fourth-order valence-corrected chi connectivity index (χ4v) is 5.45. The number of hydrogen-bond acceptors (Lipinski definition) is 9. The smallest absolute Gasteiger partial charge is 0.462 e. The Labute approximate surface area is 338 Å². The van der Waals surface area contributed by atoms with Gasteiger partial charge in [-0.1, -0.05) is 136 Å². The van der Waals surface area contributed by atoms with Gasteiger partial charge in [0.05, 0.1) is 19.3 Å². The lowest BCUT2D eigenvalue weighted by molar-refractivity contribution is -0.161. The highest BCUT2D eigenvalue weighted by molar-refractivity contribution is 7.47. The van der Waals surface area contributed by atoms with E-state index in [1.54, 1.807) is 6.08 Å². The SMILES string of the molecule is CC/C=C\C/C=C\CC(O)/C=C/C=C\C/C=C\C/C=C\CCC(=O)O[C@H](COC(=O)CCCC/C=C\C/C=C\C/C=C\CCCCC)COP(=O)(O)OCCN. The molecule has 0 radical (unpaired) electrons. The molecule has 0 rings (SSSR count). The minimum atomic E-state index is -4.42. The summed E-state index contributed by atoms with van der Waals surface area (Å²) >= 11 is 0. The molecular weight excluding hydrogens is 729 g/mol. The van der Waals surface area contributed by atoms with Crippen molar-refractivity contribution in [1.29, 1.82) is 0 Å². The average Bonchev–Trinajstić information content (AvgIpc) is 3.18. The van der Waals surface area contributed by atoms with Crippen LogP contribution in [0.15, 0.2) is 109 Å². The number of aliphatic hydroxyl groups is 1. The Morgan fingerprint density at radius 1 is 0.643 bits per heavy atom. The van der Waals surface area contributed by atoms with Crippen LogP contribution in [0.5, 0.6) is 0 Å². The first-order chi connectivity index (χ1) is 27.2. The molecule has 0 aliphatic heterocycles. The molecule has 0 aliphatic carbocycles. The van der Waals surface area contributed by atoms with E-state index in [4.69, 9.17) is 24.3 Å². The second-order valence-corrected chi connectivity index (χ2v) is 14.4. The van der Waals surface area contributed by atoms with Gasteiger partial charge in [0.2, 0.25) is 0 Å². The number of allylic oxidation sites excluding steroid dienone is 16. The van der Waals surface area contributed by atoms with E-state index >= 15 is 0 Å². The van der Waals surface area contributed by atoms with Crippen molar-refractivity contribution in [3.63, 3.8) is 0 Å². The maximum atomic E-state index is 12.5. The van der Waals surface area contributed by atoms with E-state index in [0.29, 0.717) is 25.7 Å². The van der Waals surface area contributed by atoms with Crippen LogP contribution in [0.2, 0.25) is 0 Å².